The van der Waals surface area contributed by atoms with Crippen LogP contribution in [0.25, 0.3) is 11.3 Å². The first-order valence-electron chi connectivity index (χ1n) is 11.5. The fourth-order valence-electron chi connectivity index (χ4n) is 3.94. The molecule has 0 spiro atoms. The molecule has 1 aromatic heterocycles. The Morgan fingerprint density at radius 1 is 1.15 bits per heavy atom. The number of nitrogens with zero attached hydrogens (tertiary/aromatic N) is 2. The fraction of sp³-hybridized carbons (Fsp3) is 0.500. The number of carbonyl (C=O) groups is 1. The summed E-state index contributed by atoms with van der Waals surface area (Å²) in [4.78, 5) is 12.0. The molecule has 1 aromatic carbocycles. The van der Waals surface area contributed by atoms with Crippen molar-refractivity contribution in [1.29, 1.82) is 5.41 Å². The van der Waals surface area contributed by atoms with E-state index in [1.54, 1.807) is 20.8 Å². The van der Waals surface area contributed by atoms with Gasteiger partial charge in [-0.05, 0) is 44.2 Å². The van der Waals surface area contributed by atoms with Gasteiger partial charge in [0, 0.05) is 36.7 Å². The Hall–Kier alpha value is -3.09. The van der Waals surface area contributed by atoms with E-state index in [4.69, 9.17) is 19.6 Å². The lowest BCUT2D eigenvalue weighted by Crippen LogP contribution is -2.24. The molecule has 0 bridgehead atoms. The van der Waals surface area contributed by atoms with Gasteiger partial charge in [-0.15, -0.1) is 0 Å². The first-order chi connectivity index (χ1) is 15.4. The maximum absolute atomic E-state index is 12.0. The molecule has 1 atom stereocenters. The summed E-state index contributed by atoms with van der Waals surface area (Å²) in [6.45, 7) is 16.3. The minimum Gasteiger partial charge on any atom is -0.452 e. The number of aromatic nitrogens is 2. The van der Waals surface area contributed by atoms with E-state index in [1.807, 2.05) is 30.7 Å². The maximum Gasteiger partial charge on any atom is 0.511 e. The van der Waals surface area contributed by atoms with Crippen LogP contribution in [0.5, 0.6) is 0 Å². The highest BCUT2D eigenvalue weighted by molar-refractivity contribution is 6.30. The number of ether oxygens (including phenoxy) is 3. The van der Waals surface area contributed by atoms with Crippen LogP contribution in [0.4, 0.5) is 4.79 Å². The molecule has 0 aliphatic heterocycles. The number of hydrogen-bond donors (Lipinski definition) is 1. The number of aryl methyl sites for hydroxylation is 2. The van der Waals surface area contributed by atoms with Crippen molar-refractivity contribution in [1.82, 2.24) is 9.78 Å². The molecule has 0 amide bonds. The van der Waals surface area contributed by atoms with Gasteiger partial charge in [-0.1, -0.05) is 45.0 Å². The fourth-order valence-corrected chi connectivity index (χ4v) is 3.94. The van der Waals surface area contributed by atoms with Crippen LogP contribution in [0.3, 0.4) is 0 Å². The topological polar surface area (TPSA) is 86.4 Å². The van der Waals surface area contributed by atoms with Gasteiger partial charge in [0.1, 0.15) is 5.69 Å². The van der Waals surface area contributed by atoms with Gasteiger partial charge in [-0.3, -0.25) is 4.68 Å². The summed E-state index contributed by atoms with van der Waals surface area (Å²) in [6, 6.07) is 8.23. The molecule has 7 heteroatoms. The first kappa shape index (κ1) is 24.6. The minimum absolute atomic E-state index is 0.0244. The highest BCUT2D eigenvalue weighted by Gasteiger charge is 2.32. The highest BCUT2D eigenvalue weighted by atomic mass is 16.8. The van der Waals surface area contributed by atoms with Gasteiger partial charge in [0.15, 0.2) is 5.76 Å². The van der Waals surface area contributed by atoms with Crippen molar-refractivity contribution in [3.05, 3.63) is 52.3 Å². The lowest BCUT2D eigenvalue weighted by Gasteiger charge is -2.26. The molecule has 0 saturated heterocycles. The third-order valence-electron chi connectivity index (χ3n) is 5.57. The molecule has 0 fully saturated rings. The molecule has 0 radical (unpaired) electrons. The van der Waals surface area contributed by atoms with Gasteiger partial charge in [0.25, 0.3) is 0 Å². The van der Waals surface area contributed by atoms with E-state index in [9.17, 15) is 4.79 Å². The zero-order valence-corrected chi connectivity index (χ0v) is 20.9. The number of fused-ring (bicyclic) bond motifs is 1. The minimum atomic E-state index is -0.908. The van der Waals surface area contributed by atoms with E-state index in [2.05, 4.69) is 38.0 Å². The Morgan fingerprint density at radius 2 is 1.79 bits per heavy atom. The lowest BCUT2D eigenvalue weighted by molar-refractivity contribution is -0.0735. The third kappa shape index (κ3) is 5.29. The van der Waals surface area contributed by atoms with Crippen molar-refractivity contribution in [2.24, 2.45) is 0 Å². The molecule has 2 aromatic rings. The lowest BCUT2D eigenvalue weighted by atomic mass is 9.84. The van der Waals surface area contributed by atoms with E-state index in [1.165, 1.54) is 5.56 Å². The van der Waals surface area contributed by atoms with Crippen LogP contribution in [0.1, 0.15) is 76.5 Å². The monoisotopic (exact) mass is 453 g/mol. The van der Waals surface area contributed by atoms with Crippen molar-refractivity contribution in [2.75, 3.05) is 0 Å². The predicted octanol–water partition coefficient (Wildman–Crippen LogP) is 5.88. The SMILES string of the molecule is CCn1nc(C)c2c1C(OC(C)OC(=O)OC(C)C)=C(c1ccc(C(C)(C)C)cc1)C(=N)C2. The van der Waals surface area contributed by atoms with E-state index in [-0.39, 0.29) is 11.5 Å². The van der Waals surface area contributed by atoms with E-state index < -0.39 is 12.4 Å². The second-order valence-corrected chi connectivity index (χ2v) is 9.64. The normalized spacial score (nSPS) is 14.9. The Morgan fingerprint density at radius 3 is 2.33 bits per heavy atom. The molecular weight excluding hydrogens is 418 g/mol. The van der Waals surface area contributed by atoms with E-state index in [0.29, 0.717) is 30.0 Å². The molecule has 7 nitrogen and oxygen atoms in total. The van der Waals surface area contributed by atoms with Crippen LogP contribution < -0.4 is 0 Å². The molecule has 1 aliphatic carbocycles. The first-order valence-corrected chi connectivity index (χ1v) is 11.5. The second kappa shape index (κ2) is 9.41. The summed E-state index contributed by atoms with van der Waals surface area (Å²) in [5.74, 6) is 0.497. The molecule has 1 heterocycles. The molecule has 178 valence electrons. The highest BCUT2D eigenvalue weighted by Crippen LogP contribution is 2.38. The van der Waals surface area contributed by atoms with Gasteiger partial charge < -0.3 is 19.6 Å². The second-order valence-electron chi connectivity index (χ2n) is 9.64. The number of hydrogen-bond acceptors (Lipinski definition) is 6. The van der Waals surface area contributed by atoms with Gasteiger partial charge >= 0.3 is 6.16 Å². The van der Waals surface area contributed by atoms with Crippen LogP contribution in [-0.2, 0) is 32.6 Å². The molecule has 33 heavy (non-hydrogen) atoms. The summed E-state index contributed by atoms with van der Waals surface area (Å²) in [7, 11) is 0. The number of nitrogens with one attached hydrogen (secondary N) is 1. The summed E-state index contributed by atoms with van der Waals surface area (Å²) in [6.07, 6.45) is -1.52. The molecule has 1 aliphatic rings. The molecule has 0 saturated carbocycles. The molecule has 1 N–H and O–H groups in total. The summed E-state index contributed by atoms with van der Waals surface area (Å²) >= 11 is 0. The zero-order valence-electron chi connectivity index (χ0n) is 20.9. The summed E-state index contributed by atoms with van der Waals surface area (Å²) in [5, 5.41) is 13.5. The average Bonchev–Trinajstić information content (AvgIpc) is 3.02. The molecular formula is C26H35N3O4. The Balaban J connectivity index is 2.09. The van der Waals surface area contributed by atoms with Crippen molar-refractivity contribution >= 4 is 23.2 Å². The van der Waals surface area contributed by atoms with Crippen molar-refractivity contribution in [3.63, 3.8) is 0 Å². The van der Waals surface area contributed by atoms with Gasteiger partial charge in [0.2, 0.25) is 6.29 Å². The number of benzene rings is 1. The van der Waals surface area contributed by atoms with Crippen LogP contribution in [-0.4, -0.2) is 34.0 Å². The van der Waals surface area contributed by atoms with Crippen molar-refractivity contribution in [3.8, 4) is 0 Å². The van der Waals surface area contributed by atoms with Crippen LogP contribution >= 0.6 is 0 Å². The maximum atomic E-state index is 12.0. The third-order valence-corrected chi connectivity index (χ3v) is 5.57. The average molecular weight is 454 g/mol. The Labute approximate surface area is 196 Å². The van der Waals surface area contributed by atoms with Crippen LogP contribution in [0.2, 0.25) is 0 Å². The molecule has 1 unspecified atom stereocenters. The van der Waals surface area contributed by atoms with Gasteiger partial charge in [0.05, 0.1) is 11.8 Å². The van der Waals surface area contributed by atoms with Gasteiger partial charge in [-0.2, -0.15) is 5.10 Å². The number of rotatable bonds is 6. The van der Waals surface area contributed by atoms with Crippen LogP contribution in [0.15, 0.2) is 24.3 Å². The Bertz CT molecular complexity index is 1070. The predicted molar refractivity (Wildman–Crippen MR) is 129 cm³/mol. The summed E-state index contributed by atoms with van der Waals surface area (Å²) < 4.78 is 18.5. The standard InChI is InChI=1S/C26H35N3O4/c1-9-29-23-20(16(4)28-29)14-21(27)22(18-10-12-19(13-11-18)26(6,7)8)24(23)32-17(5)33-25(30)31-15(2)3/h10-13,15,17,27H,9,14H2,1-8H3. The number of allylic oxidation sites excluding steroid dienone is 1. The smallest absolute Gasteiger partial charge is 0.452 e. The van der Waals surface area contributed by atoms with Gasteiger partial charge in [-0.25, -0.2) is 4.79 Å². The largest absolute Gasteiger partial charge is 0.511 e. The van der Waals surface area contributed by atoms with E-state index in [0.717, 1.165) is 22.5 Å². The van der Waals surface area contributed by atoms with Crippen LogP contribution in [0, 0.1) is 12.3 Å². The molecule has 3 rings (SSSR count). The Kier molecular flexibility index (Phi) is 7.00. The van der Waals surface area contributed by atoms with Crippen molar-refractivity contribution < 1.29 is 19.0 Å². The summed E-state index contributed by atoms with van der Waals surface area (Å²) in [5.41, 5.74) is 5.90. The van der Waals surface area contributed by atoms with Crippen molar-refractivity contribution in [2.45, 2.75) is 86.2 Å². The zero-order chi connectivity index (χ0) is 24.5. The van der Waals surface area contributed by atoms with E-state index >= 15 is 0 Å². The number of carbonyl (C=O) groups excluding carboxylic acids is 1. The quantitative estimate of drug-likeness (QED) is 0.436.